The van der Waals surface area contributed by atoms with Gasteiger partial charge in [0.05, 0.1) is 0 Å². The van der Waals surface area contributed by atoms with Crippen molar-refractivity contribution in [2.75, 3.05) is 5.32 Å². The summed E-state index contributed by atoms with van der Waals surface area (Å²) in [4.78, 5) is 12.6. The van der Waals surface area contributed by atoms with Crippen LogP contribution in [0.4, 0.5) is 5.69 Å². The van der Waals surface area contributed by atoms with Gasteiger partial charge < -0.3 is 10.1 Å². The van der Waals surface area contributed by atoms with Gasteiger partial charge in [-0.3, -0.25) is 4.79 Å². The van der Waals surface area contributed by atoms with Gasteiger partial charge in [-0.15, -0.1) is 0 Å². The lowest BCUT2D eigenvalue weighted by atomic mass is 10.1. The van der Waals surface area contributed by atoms with Crippen LogP contribution in [-0.4, -0.2) is 5.91 Å². The van der Waals surface area contributed by atoms with Crippen molar-refractivity contribution in [2.24, 2.45) is 0 Å². The van der Waals surface area contributed by atoms with E-state index in [1.54, 1.807) is 24.3 Å². The SMILES string of the molecule is Cc1ccccc1NC(=O)/C(C#N)=C/c1ccccc1OCc1ccccc1Cl. The van der Waals surface area contributed by atoms with Gasteiger partial charge in [0.1, 0.15) is 24.0 Å². The second-order valence-electron chi connectivity index (χ2n) is 6.36. The number of aryl methyl sites for hydroxylation is 1. The van der Waals surface area contributed by atoms with E-state index in [-0.39, 0.29) is 12.2 Å². The molecule has 3 rings (SSSR count). The van der Waals surface area contributed by atoms with E-state index in [0.29, 0.717) is 22.0 Å². The zero-order chi connectivity index (χ0) is 20.6. The molecule has 5 heteroatoms. The lowest BCUT2D eigenvalue weighted by molar-refractivity contribution is -0.112. The fourth-order valence-corrected chi connectivity index (χ4v) is 2.90. The van der Waals surface area contributed by atoms with E-state index >= 15 is 0 Å². The number of ether oxygens (including phenoxy) is 1. The first kappa shape index (κ1) is 20.2. The lowest BCUT2D eigenvalue weighted by Gasteiger charge is -2.11. The van der Waals surface area contributed by atoms with Gasteiger partial charge in [0.25, 0.3) is 5.91 Å². The van der Waals surface area contributed by atoms with Crippen LogP contribution in [0.15, 0.2) is 78.4 Å². The lowest BCUT2D eigenvalue weighted by Crippen LogP contribution is -2.14. The molecule has 0 aliphatic carbocycles. The third-order valence-electron chi connectivity index (χ3n) is 4.32. The maximum Gasteiger partial charge on any atom is 0.266 e. The quantitative estimate of drug-likeness (QED) is 0.420. The van der Waals surface area contributed by atoms with E-state index in [4.69, 9.17) is 16.3 Å². The van der Waals surface area contributed by atoms with E-state index in [2.05, 4.69) is 5.32 Å². The van der Waals surface area contributed by atoms with Crippen molar-refractivity contribution in [3.8, 4) is 11.8 Å². The number of nitriles is 1. The number of benzene rings is 3. The van der Waals surface area contributed by atoms with Crippen molar-refractivity contribution in [1.29, 1.82) is 5.26 Å². The Morgan fingerprint density at radius 1 is 1.07 bits per heavy atom. The Bertz CT molecular complexity index is 1100. The average Bonchev–Trinajstić information content (AvgIpc) is 2.73. The van der Waals surface area contributed by atoms with Crippen molar-refractivity contribution >= 4 is 29.3 Å². The predicted octanol–water partition coefficient (Wildman–Crippen LogP) is 5.77. The molecule has 4 nitrogen and oxygen atoms in total. The Morgan fingerprint density at radius 2 is 1.76 bits per heavy atom. The molecule has 0 aliphatic heterocycles. The van der Waals surface area contributed by atoms with Crippen molar-refractivity contribution in [3.05, 3.63) is 100 Å². The smallest absolute Gasteiger partial charge is 0.266 e. The van der Waals surface area contributed by atoms with Crippen molar-refractivity contribution < 1.29 is 9.53 Å². The fourth-order valence-electron chi connectivity index (χ4n) is 2.71. The van der Waals surface area contributed by atoms with Crippen LogP contribution in [0, 0.1) is 18.3 Å². The Kier molecular flexibility index (Phi) is 6.67. The number of para-hydroxylation sites is 2. The van der Waals surface area contributed by atoms with Gasteiger partial charge in [-0.1, -0.05) is 66.2 Å². The maximum absolute atomic E-state index is 12.6. The number of anilines is 1. The summed E-state index contributed by atoms with van der Waals surface area (Å²) in [5, 5.41) is 12.9. The monoisotopic (exact) mass is 402 g/mol. The zero-order valence-electron chi connectivity index (χ0n) is 15.9. The number of rotatable bonds is 6. The number of amides is 1. The summed E-state index contributed by atoms with van der Waals surface area (Å²) in [6.45, 7) is 2.17. The minimum atomic E-state index is -0.470. The van der Waals surface area contributed by atoms with Gasteiger partial charge >= 0.3 is 0 Å². The van der Waals surface area contributed by atoms with Crippen LogP contribution in [0.3, 0.4) is 0 Å². The molecule has 0 unspecified atom stereocenters. The Balaban J connectivity index is 1.81. The molecule has 0 aliphatic rings. The normalized spacial score (nSPS) is 10.9. The minimum absolute atomic E-state index is 0.0120. The number of carbonyl (C=O) groups excluding carboxylic acids is 1. The molecule has 0 radical (unpaired) electrons. The van der Waals surface area contributed by atoms with Crippen LogP contribution in [-0.2, 0) is 11.4 Å². The van der Waals surface area contributed by atoms with Gasteiger partial charge in [0.2, 0.25) is 0 Å². The minimum Gasteiger partial charge on any atom is -0.488 e. The van der Waals surface area contributed by atoms with Crippen molar-refractivity contribution in [3.63, 3.8) is 0 Å². The van der Waals surface area contributed by atoms with Crippen LogP contribution in [0.5, 0.6) is 5.75 Å². The summed E-state index contributed by atoms with van der Waals surface area (Å²) >= 11 is 6.18. The molecule has 144 valence electrons. The maximum atomic E-state index is 12.6. The van der Waals surface area contributed by atoms with Gasteiger partial charge in [-0.25, -0.2) is 0 Å². The van der Waals surface area contributed by atoms with Crippen molar-refractivity contribution in [1.82, 2.24) is 0 Å². The molecule has 0 saturated carbocycles. The number of nitrogens with zero attached hydrogens (tertiary/aromatic N) is 1. The Labute approximate surface area is 175 Å². The van der Waals surface area contributed by atoms with Gasteiger partial charge in [-0.2, -0.15) is 5.26 Å². The molecule has 3 aromatic carbocycles. The first-order valence-electron chi connectivity index (χ1n) is 9.02. The molecule has 0 saturated heterocycles. The number of hydrogen-bond acceptors (Lipinski definition) is 3. The van der Waals surface area contributed by atoms with E-state index in [1.807, 2.05) is 61.5 Å². The standard InChI is InChI=1S/C24H19ClN2O2/c1-17-8-2-6-12-22(17)27-24(28)20(15-26)14-18-9-4-7-13-23(18)29-16-19-10-3-5-11-21(19)25/h2-14H,16H2,1H3,(H,27,28)/b20-14+. The first-order chi connectivity index (χ1) is 14.1. The summed E-state index contributed by atoms with van der Waals surface area (Å²) in [7, 11) is 0. The Morgan fingerprint density at radius 3 is 2.52 bits per heavy atom. The van der Waals surface area contributed by atoms with E-state index in [0.717, 1.165) is 11.1 Å². The van der Waals surface area contributed by atoms with Crippen LogP contribution < -0.4 is 10.1 Å². The molecule has 0 heterocycles. The third kappa shape index (κ3) is 5.25. The van der Waals surface area contributed by atoms with Crippen LogP contribution >= 0.6 is 11.6 Å². The highest BCUT2D eigenvalue weighted by atomic mass is 35.5. The number of nitrogens with one attached hydrogen (secondary N) is 1. The highest BCUT2D eigenvalue weighted by Crippen LogP contribution is 2.24. The summed E-state index contributed by atoms with van der Waals surface area (Å²) in [5.74, 6) is 0.0894. The molecule has 0 bridgehead atoms. The van der Waals surface area contributed by atoms with E-state index in [9.17, 15) is 10.1 Å². The molecule has 1 amide bonds. The molecule has 0 fully saturated rings. The molecule has 29 heavy (non-hydrogen) atoms. The summed E-state index contributed by atoms with van der Waals surface area (Å²) in [6, 6.07) is 24.0. The third-order valence-corrected chi connectivity index (χ3v) is 4.69. The summed E-state index contributed by atoms with van der Waals surface area (Å²) in [6.07, 6.45) is 1.52. The van der Waals surface area contributed by atoms with E-state index in [1.165, 1.54) is 6.08 Å². The Hall–Kier alpha value is -3.55. The number of carbonyl (C=O) groups is 1. The number of hydrogen-bond donors (Lipinski definition) is 1. The van der Waals surface area contributed by atoms with Crippen molar-refractivity contribution in [2.45, 2.75) is 13.5 Å². The molecular formula is C24H19ClN2O2. The highest BCUT2D eigenvalue weighted by molar-refractivity contribution is 6.31. The molecule has 0 aromatic heterocycles. The molecule has 0 spiro atoms. The second-order valence-corrected chi connectivity index (χ2v) is 6.76. The van der Waals surface area contributed by atoms with Gasteiger partial charge in [0.15, 0.2) is 0 Å². The largest absolute Gasteiger partial charge is 0.488 e. The first-order valence-corrected chi connectivity index (χ1v) is 9.40. The van der Waals surface area contributed by atoms with Gasteiger partial charge in [-0.05, 0) is 36.8 Å². The summed E-state index contributed by atoms with van der Waals surface area (Å²) < 4.78 is 5.90. The molecule has 3 aromatic rings. The second kappa shape index (κ2) is 9.59. The van der Waals surface area contributed by atoms with Crippen LogP contribution in [0.2, 0.25) is 5.02 Å². The zero-order valence-corrected chi connectivity index (χ0v) is 16.6. The van der Waals surface area contributed by atoms with Crippen LogP contribution in [0.1, 0.15) is 16.7 Å². The topological polar surface area (TPSA) is 62.1 Å². The van der Waals surface area contributed by atoms with E-state index < -0.39 is 5.91 Å². The molecule has 0 atom stereocenters. The molecule has 1 N–H and O–H groups in total. The summed E-state index contributed by atoms with van der Waals surface area (Å²) in [5.41, 5.74) is 3.06. The predicted molar refractivity (Wildman–Crippen MR) is 116 cm³/mol. The number of halogens is 1. The highest BCUT2D eigenvalue weighted by Gasteiger charge is 2.12. The van der Waals surface area contributed by atoms with Gasteiger partial charge in [0, 0.05) is 21.8 Å². The van der Waals surface area contributed by atoms with Crippen LogP contribution in [0.25, 0.3) is 6.08 Å². The molecular weight excluding hydrogens is 384 g/mol. The average molecular weight is 403 g/mol. The fraction of sp³-hybridized carbons (Fsp3) is 0.0833.